The highest BCUT2D eigenvalue weighted by atomic mass is 35.5. The Labute approximate surface area is 163 Å². The monoisotopic (exact) mass is 390 g/mol. The molecule has 1 fully saturated rings. The van der Waals surface area contributed by atoms with Crippen LogP contribution in [0, 0.1) is 0 Å². The standard InChI is InChI=1S/C21H23ClO5/c22-19-13(8-12-4-2-1-3-5-12)9-15(14-6-7-26-21(14)19)17-10-16(24)20(25)18(11-23)27-17/h1-5,9,16-18,20,23-25H,6-8,10-11H2/t16?,17?,18?,20-/m0/s1. The summed E-state index contributed by atoms with van der Waals surface area (Å²) in [6.45, 7) is 0.204. The second kappa shape index (κ2) is 7.78. The number of ether oxygens (including phenoxy) is 2. The molecule has 6 heteroatoms. The molecule has 2 aromatic carbocycles. The number of hydrogen-bond acceptors (Lipinski definition) is 5. The molecular formula is C21H23ClO5. The number of fused-ring (bicyclic) bond motifs is 1. The molecule has 2 aliphatic rings. The van der Waals surface area contributed by atoms with Crippen LogP contribution in [-0.4, -0.2) is 46.8 Å². The van der Waals surface area contributed by atoms with Gasteiger partial charge in [0, 0.05) is 18.4 Å². The molecule has 4 atom stereocenters. The number of benzene rings is 2. The SMILES string of the molecule is OCC1OC(c2cc(Cc3ccccc3)c(Cl)c3c2CCO3)CC(O)[C@@H]1O. The lowest BCUT2D eigenvalue weighted by Gasteiger charge is -2.37. The van der Waals surface area contributed by atoms with E-state index in [0.717, 1.165) is 28.7 Å². The first-order valence-corrected chi connectivity index (χ1v) is 9.59. The van der Waals surface area contributed by atoms with Crippen molar-refractivity contribution < 1.29 is 24.8 Å². The molecule has 0 aromatic heterocycles. The van der Waals surface area contributed by atoms with E-state index in [1.807, 2.05) is 36.4 Å². The van der Waals surface area contributed by atoms with Crippen LogP contribution < -0.4 is 4.74 Å². The van der Waals surface area contributed by atoms with Crippen LogP contribution >= 0.6 is 11.6 Å². The van der Waals surface area contributed by atoms with E-state index in [1.54, 1.807) is 0 Å². The van der Waals surface area contributed by atoms with Gasteiger partial charge in [-0.15, -0.1) is 0 Å². The lowest BCUT2D eigenvalue weighted by molar-refractivity contribution is -0.181. The second-order valence-corrected chi connectivity index (χ2v) is 7.52. The summed E-state index contributed by atoms with van der Waals surface area (Å²) in [6.07, 6.45) is -1.65. The normalized spacial score (nSPS) is 27.3. The molecule has 0 radical (unpaired) electrons. The molecule has 5 nitrogen and oxygen atoms in total. The summed E-state index contributed by atoms with van der Waals surface area (Å²) >= 11 is 6.63. The summed E-state index contributed by atoms with van der Waals surface area (Å²) in [5.74, 6) is 0.685. The summed E-state index contributed by atoms with van der Waals surface area (Å²) in [5.41, 5.74) is 3.98. The fourth-order valence-electron chi connectivity index (χ4n) is 3.95. The van der Waals surface area contributed by atoms with E-state index in [4.69, 9.17) is 21.1 Å². The van der Waals surface area contributed by atoms with Gasteiger partial charge in [-0.25, -0.2) is 0 Å². The minimum Gasteiger partial charge on any atom is -0.491 e. The van der Waals surface area contributed by atoms with Crippen LogP contribution in [0.2, 0.25) is 5.02 Å². The Kier molecular flexibility index (Phi) is 5.39. The third kappa shape index (κ3) is 3.58. The molecule has 0 spiro atoms. The molecule has 2 heterocycles. The lowest BCUT2D eigenvalue weighted by Crippen LogP contribution is -2.47. The number of hydrogen-bond donors (Lipinski definition) is 3. The molecule has 3 N–H and O–H groups in total. The van der Waals surface area contributed by atoms with Crippen LogP contribution in [0.25, 0.3) is 0 Å². The number of rotatable bonds is 4. The van der Waals surface area contributed by atoms with Crippen molar-refractivity contribution in [3.05, 3.63) is 63.7 Å². The molecular weight excluding hydrogens is 368 g/mol. The third-order valence-electron chi connectivity index (χ3n) is 5.37. The van der Waals surface area contributed by atoms with E-state index < -0.39 is 24.4 Å². The Morgan fingerprint density at radius 1 is 1.15 bits per heavy atom. The molecule has 0 aliphatic carbocycles. The maximum absolute atomic E-state index is 10.2. The Morgan fingerprint density at radius 2 is 1.93 bits per heavy atom. The molecule has 2 aliphatic heterocycles. The zero-order valence-corrected chi connectivity index (χ0v) is 15.6. The van der Waals surface area contributed by atoms with E-state index in [1.165, 1.54) is 0 Å². The first-order chi connectivity index (χ1) is 13.1. The molecule has 3 unspecified atom stereocenters. The smallest absolute Gasteiger partial charge is 0.141 e. The number of aliphatic hydroxyl groups is 3. The fourth-order valence-corrected chi connectivity index (χ4v) is 4.24. The maximum atomic E-state index is 10.2. The average molecular weight is 391 g/mol. The Bertz CT molecular complexity index is 810. The highest BCUT2D eigenvalue weighted by molar-refractivity contribution is 6.33. The van der Waals surface area contributed by atoms with E-state index in [0.29, 0.717) is 23.8 Å². The predicted molar refractivity (Wildman–Crippen MR) is 101 cm³/mol. The van der Waals surface area contributed by atoms with E-state index in [9.17, 15) is 15.3 Å². The molecule has 144 valence electrons. The minimum atomic E-state index is -1.09. The van der Waals surface area contributed by atoms with Crippen molar-refractivity contribution in [3.63, 3.8) is 0 Å². The van der Waals surface area contributed by atoms with Gasteiger partial charge in [0.2, 0.25) is 0 Å². The van der Waals surface area contributed by atoms with Gasteiger partial charge in [-0.05, 0) is 23.1 Å². The van der Waals surface area contributed by atoms with E-state index in [-0.39, 0.29) is 13.0 Å². The Hall–Kier alpha value is -1.63. The second-order valence-electron chi connectivity index (χ2n) is 7.15. The number of aliphatic hydroxyl groups excluding tert-OH is 3. The van der Waals surface area contributed by atoms with Gasteiger partial charge in [-0.3, -0.25) is 0 Å². The van der Waals surface area contributed by atoms with Crippen molar-refractivity contribution in [3.8, 4) is 5.75 Å². The lowest BCUT2D eigenvalue weighted by atomic mass is 9.89. The van der Waals surface area contributed by atoms with Gasteiger partial charge in [0.25, 0.3) is 0 Å². The van der Waals surface area contributed by atoms with Crippen LogP contribution in [-0.2, 0) is 17.6 Å². The average Bonchev–Trinajstić information content (AvgIpc) is 3.17. The van der Waals surface area contributed by atoms with Crippen LogP contribution in [0.5, 0.6) is 5.75 Å². The molecule has 4 rings (SSSR count). The van der Waals surface area contributed by atoms with Crippen LogP contribution in [0.3, 0.4) is 0 Å². The Balaban J connectivity index is 1.72. The maximum Gasteiger partial charge on any atom is 0.141 e. The van der Waals surface area contributed by atoms with Gasteiger partial charge < -0.3 is 24.8 Å². The third-order valence-corrected chi connectivity index (χ3v) is 5.78. The first-order valence-electron chi connectivity index (χ1n) is 9.21. The number of halogens is 1. The van der Waals surface area contributed by atoms with Gasteiger partial charge in [0.05, 0.1) is 30.4 Å². The summed E-state index contributed by atoms with van der Waals surface area (Å²) in [5, 5.41) is 30.3. The topological polar surface area (TPSA) is 79.2 Å². The Morgan fingerprint density at radius 3 is 2.67 bits per heavy atom. The molecule has 2 aromatic rings. The van der Waals surface area contributed by atoms with Crippen molar-refractivity contribution in [2.24, 2.45) is 0 Å². The van der Waals surface area contributed by atoms with Crippen LogP contribution in [0.15, 0.2) is 36.4 Å². The molecule has 0 amide bonds. The molecule has 1 saturated heterocycles. The molecule has 27 heavy (non-hydrogen) atoms. The summed E-state index contributed by atoms with van der Waals surface area (Å²) < 4.78 is 11.7. The zero-order chi connectivity index (χ0) is 19.0. The highest BCUT2D eigenvalue weighted by Crippen LogP contribution is 2.44. The summed E-state index contributed by atoms with van der Waals surface area (Å²) in [6, 6.07) is 12.1. The van der Waals surface area contributed by atoms with Crippen molar-refractivity contribution in [2.45, 2.75) is 43.7 Å². The van der Waals surface area contributed by atoms with Crippen molar-refractivity contribution in [1.29, 1.82) is 0 Å². The van der Waals surface area contributed by atoms with Gasteiger partial charge in [0.15, 0.2) is 0 Å². The van der Waals surface area contributed by atoms with Gasteiger partial charge in [-0.1, -0.05) is 48.0 Å². The van der Waals surface area contributed by atoms with E-state index in [2.05, 4.69) is 0 Å². The summed E-state index contributed by atoms with van der Waals surface area (Å²) in [7, 11) is 0. The van der Waals surface area contributed by atoms with Crippen LogP contribution in [0.4, 0.5) is 0 Å². The quantitative estimate of drug-likeness (QED) is 0.747. The van der Waals surface area contributed by atoms with Gasteiger partial charge >= 0.3 is 0 Å². The summed E-state index contributed by atoms with van der Waals surface area (Å²) in [4.78, 5) is 0. The zero-order valence-electron chi connectivity index (χ0n) is 14.8. The first kappa shape index (κ1) is 18.7. The highest BCUT2D eigenvalue weighted by Gasteiger charge is 2.39. The van der Waals surface area contributed by atoms with Crippen molar-refractivity contribution in [2.75, 3.05) is 13.2 Å². The van der Waals surface area contributed by atoms with Gasteiger partial charge in [0.1, 0.15) is 18.0 Å². The van der Waals surface area contributed by atoms with E-state index >= 15 is 0 Å². The van der Waals surface area contributed by atoms with Crippen molar-refractivity contribution >= 4 is 11.6 Å². The van der Waals surface area contributed by atoms with Crippen molar-refractivity contribution in [1.82, 2.24) is 0 Å². The van der Waals surface area contributed by atoms with Gasteiger partial charge in [-0.2, -0.15) is 0 Å². The van der Waals surface area contributed by atoms with Crippen LogP contribution in [0.1, 0.15) is 34.8 Å². The largest absolute Gasteiger partial charge is 0.491 e. The fraction of sp³-hybridized carbons (Fsp3) is 0.429. The minimum absolute atomic E-state index is 0.260. The molecule has 0 bridgehead atoms. The predicted octanol–water partition coefficient (Wildman–Crippen LogP) is 2.41. The molecule has 0 saturated carbocycles.